The lowest BCUT2D eigenvalue weighted by Crippen LogP contribution is -2.41. The van der Waals surface area contributed by atoms with Gasteiger partial charge in [-0.1, -0.05) is 49.4 Å². The van der Waals surface area contributed by atoms with Gasteiger partial charge >= 0.3 is 0 Å². The molecule has 1 amide bonds. The fourth-order valence-corrected chi connectivity index (χ4v) is 2.42. The number of rotatable bonds is 5. The Kier molecular flexibility index (Phi) is 4.17. The van der Waals surface area contributed by atoms with Crippen molar-refractivity contribution in [3.63, 3.8) is 0 Å². The van der Waals surface area contributed by atoms with Crippen molar-refractivity contribution in [2.75, 3.05) is 0 Å². The molecule has 0 saturated heterocycles. The zero-order valence-corrected chi connectivity index (χ0v) is 11.4. The van der Waals surface area contributed by atoms with Crippen molar-refractivity contribution in [2.45, 2.75) is 32.4 Å². The molecule has 19 heavy (non-hydrogen) atoms. The maximum Gasteiger partial charge on any atom is 0.234 e. The summed E-state index contributed by atoms with van der Waals surface area (Å²) in [4.78, 5) is 11.3. The van der Waals surface area contributed by atoms with E-state index in [0.29, 0.717) is 6.42 Å². The second-order valence-corrected chi connectivity index (χ2v) is 4.82. The lowest BCUT2D eigenvalue weighted by atomic mass is 9.99. The van der Waals surface area contributed by atoms with Crippen LogP contribution in [0.25, 0.3) is 10.8 Å². The van der Waals surface area contributed by atoms with Crippen LogP contribution < -0.4 is 11.1 Å². The van der Waals surface area contributed by atoms with Gasteiger partial charge in [0.25, 0.3) is 0 Å². The van der Waals surface area contributed by atoms with Crippen LogP contribution >= 0.6 is 0 Å². The number of amides is 1. The standard InChI is InChI=1S/C16H20N2O/c1-3-15(16(17)19)18-11(2)13-10-6-8-12-7-4-5-9-14(12)13/h4-11,15,18H,3H2,1-2H3,(H2,17,19). The van der Waals surface area contributed by atoms with E-state index >= 15 is 0 Å². The number of carbonyl (C=O) groups excluding carboxylic acids is 1. The first-order valence-electron chi connectivity index (χ1n) is 6.66. The third kappa shape index (κ3) is 2.93. The molecule has 0 spiro atoms. The van der Waals surface area contributed by atoms with Crippen LogP contribution in [0, 0.1) is 0 Å². The Balaban J connectivity index is 2.31. The van der Waals surface area contributed by atoms with Gasteiger partial charge in [-0.15, -0.1) is 0 Å². The average molecular weight is 256 g/mol. The Morgan fingerprint density at radius 1 is 1.21 bits per heavy atom. The largest absolute Gasteiger partial charge is 0.368 e. The number of hydrogen-bond acceptors (Lipinski definition) is 2. The van der Waals surface area contributed by atoms with Crippen molar-refractivity contribution < 1.29 is 4.79 Å². The third-order valence-electron chi connectivity index (χ3n) is 3.49. The lowest BCUT2D eigenvalue weighted by Gasteiger charge is -2.21. The minimum absolute atomic E-state index is 0.0866. The summed E-state index contributed by atoms with van der Waals surface area (Å²) in [5.74, 6) is -0.297. The Morgan fingerprint density at radius 3 is 2.58 bits per heavy atom. The Hall–Kier alpha value is -1.87. The second-order valence-electron chi connectivity index (χ2n) is 4.82. The van der Waals surface area contributed by atoms with Crippen LogP contribution in [0.3, 0.4) is 0 Å². The van der Waals surface area contributed by atoms with Crippen LogP contribution in [0.15, 0.2) is 42.5 Å². The zero-order valence-electron chi connectivity index (χ0n) is 11.4. The summed E-state index contributed by atoms with van der Waals surface area (Å²) in [5.41, 5.74) is 6.58. The highest BCUT2D eigenvalue weighted by Gasteiger charge is 2.17. The van der Waals surface area contributed by atoms with Crippen molar-refractivity contribution in [3.8, 4) is 0 Å². The molecule has 3 nitrogen and oxygen atoms in total. The number of benzene rings is 2. The Labute approximate surface area is 113 Å². The van der Waals surface area contributed by atoms with Crippen molar-refractivity contribution in [1.29, 1.82) is 0 Å². The van der Waals surface area contributed by atoms with E-state index < -0.39 is 0 Å². The van der Waals surface area contributed by atoms with Gasteiger partial charge in [-0.25, -0.2) is 0 Å². The van der Waals surface area contributed by atoms with Crippen LogP contribution in [0.2, 0.25) is 0 Å². The van der Waals surface area contributed by atoms with Gasteiger partial charge in [-0.3, -0.25) is 10.1 Å². The monoisotopic (exact) mass is 256 g/mol. The summed E-state index contributed by atoms with van der Waals surface area (Å²) < 4.78 is 0. The van der Waals surface area contributed by atoms with E-state index in [9.17, 15) is 4.79 Å². The van der Waals surface area contributed by atoms with Crippen molar-refractivity contribution >= 4 is 16.7 Å². The van der Waals surface area contributed by atoms with Gasteiger partial charge in [0.15, 0.2) is 0 Å². The fourth-order valence-electron chi connectivity index (χ4n) is 2.42. The first-order valence-corrected chi connectivity index (χ1v) is 6.66. The van der Waals surface area contributed by atoms with Gasteiger partial charge in [0, 0.05) is 6.04 Å². The van der Waals surface area contributed by atoms with Gasteiger partial charge in [-0.2, -0.15) is 0 Å². The molecular formula is C16H20N2O. The summed E-state index contributed by atoms with van der Waals surface area (Å²) in [6, 6.07) is 14.3. The molecule has 0 radical (unpaired) electrons. The zero-order chi connectivity index (χ0) is 13.8. The number of fused-ring (bicyclic) bond motifs is 1. The molecule has 0 aromatic heterocycles. The molecule has 0 heterocycles. The molecule has 2 aromatic rings. The highest BCUT2D eigenvalue weighted by molar-refractivity contribution is 5.86. The van der Waals surface area contributed by atoms with E-state index in [-0.39, 0.29) is 18.0 Å². The van der Waals surface area contributed by atoms with E-state index in [2.05, 4.69) is 36.5 Å². The van der Waals surface area contributed by atoms with Crippen LogP contribution in [-0.2, 0) is 4.79 Å². The molecule has 0 aliphatic carbocycles. The van der Waals surface area contributed by atoms with Gasteiger partial charge in [0.1, 0.15) is 0 Å². The van der Waals surface area contributed by atoms with Crippen LogP contribution in [-0.4, -0.2) is 11.9 Å². The van der Waals surface area contributed by atoms with Crippen LogP contribution in [0.1, 0.15) is 31.9 Å². The minimum Gasteiger partial charge on any atom is -0.368 e. The Morgan fingerprint density at radius 2 is 1.89 bits per heavy atom. The third-order valence-corrected chi connectivity index (χ3v) is 3.49. The number of primary amides is 1. The van der Waals surface area contributed by atoms with E-state index in [0.717, 1.165) is 0 Å². The molecule has 0 aliphatic heterocycles. The topological polar surface area (TPSA) is 55.1 Å². The Bertz CT molecular complexity index is 574. The van der Waals surface area contributed by atoms with E-state index in [4.69, 9.17) is 5.73 Å². The highest BCUT2D eigenvalue weighted by atomic mass is 16.1. The lowest BCUT2D eigenvalue weighted by molar-refractivity contribution is -0.120. The average Bonchev–Trinajstić information content (AvgIpc) is 2.43. The van der Waals surface area contributed by atoms with E-state index in [1.165, 1.54) is 16.3 Å². The number of carbonyl (C=O) groups is 1. The molecule has 100 valence electrons. The molecule has 0 bridgehead atoms. The highest BCUT2D eigenvalue weighted by Crippen LogP contribution is 2.24. The van der Waals surface area contributed by atoms with Crippen LogP contribution in [0.4, 0.5) is 0 Å². The second kappa shape index (κ2) is 5.85. The summed E-state index contributed by atoms with van der Waals surface area (Å²) in [6.45, 7) is 4.02. The van der Waals surface area contributed by atoms with Crippen molar-refractivity contribution in [2.24, 2.45) is 5.73 Å². The first kappa shape index (κ1) is 13.6. The predicted octanol–water partition coefficient (Wildman–Crippen LogP) is 2.75. The summed E-state index contributed by atoms with van der Waals surface area (Å²) >= 11 is 0. The van der Waals surface area contributed by atoms with Gasteiger partial charge in [-0.05, 0) is 29.7 Å². The molecule has 2 atom stereocenters. The van der Waals surface area contributed by atoms with Crippen molar-refractivity contribution in [3.05, 3.63) is 48.0 Å². The molecule has 0 fully saturated rings. The fraction of sp³-hybridized carbons (Fsp3) is 0.312. The normalized spacial score (nSPS) is 14.2. The quantitative estimate of drug-likeness (QED) is 0.864. The van der Waals surface area contributed by atoms with Gasteiger partial charge in [0.2, 0.25) is 5.91 Å². The van der Waals surface area contributed by atoms with Crippen molar-refractivity contribution in [1.82, 2.24) is 5.32 Å². The molecular weight excluding hydrogens is 236 g/mol. The van der Waals surface area contributed by atoms with E-state index in [1.54, 1.807) is 0 Å². The maximum absolute atomic E-state index is 11.3. The van der Waals surface area contributed by atoms with Crippen LogP contribution in [0.5, 0.6) is 0 Å². The number of nitrogens with one attached hydrogen (secondary N) is 1. The van der Waals surface area contributed by atoms with Gasteiger partial charge in [0.05, 0.1) is 6.04 Å². The molecule has 2 rings (SSSR count). The molecule has 0 aliphatic rings. The number of nitrogens with two attached hydrogens (primary N) is 1. The molecule has 3 N–H and O–H groups in total. The molecule has 0 saturated carbocycles. The summed E-state index contributed by atoms with van der Waals surface area (Å²) in [5, 5.41) is 5.72. The molecule has 2 aromatic carbocycles. The maximum atomic E-state index is 11.3. The van der Waals surface area contributed by atoms with Gasteiger partial charge < -0.3 is 5.73 Å². The number of hydrogen-bond donors (Lipinski definition) is 2. The minimum atomic E-state index is -0.297. The predicted molar refractivity (Wildman–Crippen MR) is 78.8 cm³/mol. The first-order chi connectivity index (χ1) is 9.13. The molecule has 2 unspecified atom stereocenters. The smallest absolute Gasteiger partial charge is 0.234 e. The SMILES string of the molecule is CCC(NC(C)c1cccc2ccccc12)C(N)=O. The summed E-state index contributed by atoms with van der Waals surface area (Å²) in [7, 11) is 0. The van der Waals surface area contributed by atoms with E-state index in [1.807, 2.05) is 25.1 Å². The summed E-state index contributed by atoms with van der Waals surface area (Å²) in [6.07, 6.45) is 0.699. The molecule has 3 heteroatoms.